The van der Waals surface area contributed by atoms with Crippen molar-refractivity contribution in [3.05, 3.63) is 6.42 Å². The first-order valence-corrected chi connectivity index (χ1v) is 3.72. The van der Waals surface area contributed by atoms with Gasteiger partial charge in [-0.1, -0.05) is 20.8 Å². The number of ketones is 1. The van der Waals surface area contributed by atoms with Gasteiger partial charge in [0, 0.05) is 6.42 Å². The highest BCUT2D eigenvalue weighted by atomic mass is 16.1. The highest BCUT2D eigenvalue weighted by molar-refractivity contribution is 5.91. The van der Waals surface area contributed by atoms with E-state index in [2.05, 4.69) is 0 Å². The van der Waals surface area contributed by atoms with Gasteiger partial charge in [0.1, 0.15) is 0 Å². The van der Waals surface area contributed by atoms with Gasteiger partial charge in [-0.2, -0.15) is 0 Å². The fourth-order valence-corrected chi connectivity index (χ4v) is 0.666. The molecule has 0 spiro atoms. The third-order valence-corrected chi connectivity index (χ3v) is 1.45. The normalized spacial score (nSPS) is 13.7. The van der Waals surface area contributed by atoms with Crippen LogP contribution in [-0.2, 0) is 4.79 Å². The quantitative estimate of drug-likeness (QED) is 0.640. The van der Waals surface area contributed by atoms with Gasteiger partial charge < -0.3 is 5.73 Å². The first-order valence-electron chi connectivity index (χ1n) is 3.72. The molecule has 2 heteroatoms. The zero-order chi connectivity index (χ0) is 8.15. The molecule has 1 atom stereocenters. The van der Waals surface area contributed by atoms with Crippen LogP contribution in [-0.4, -0.2) is 11.8 Å². The summed E-state index contributed by atoms with van der Waals surface area (Å²) in [5, 5.41) is 0. The van der Waals surface area contributed by atoms with Crippen LogP contribution >= 0.6 is 0 Å². The molecule has 1 radical (unpaired) electrons. The predicted octanol–water partition coefficient (Wildman–Crippen LogP) is 1.15. The summed E-state index contributed by atoms with van der Waals surface area (Å²) in [6.45, 7) is 5.84. The van der Waals surface area contributed by atoms with Gasteiger partial charge in [-0.25, -0.2) is 0 Å². The number of Topliss-reactive ketones (excluding diaryl/α,β-unsaturated/α-hetero) is 1. The van der Waals surface area contributed by atoms with Gasteiger partial charge in [-0.05, 0) is 12.3 Å². The summed E-state index contributed by atoms with van der Waals surface area (Å²) >= 11 is 0. The Morgan fingerprint density at radius 1 is 1.60 bits per heavy atom. The van der Waals surface area contributed by atoms with Gasteiger partial charge in [0.05, 0.1) is 6.04 Å². The summed E-state index contributed by atoms with van der Waals surface area (Å²) in [4.78, 5) is 11.0. The molecule has 0 aromatic rings. The predicted molar refractivity (Wildman–Crippen MR) is 42.4 cm³/mol. The van der Waals surface area contributed by atoms with Gasteiger partial charge in [0.2, 0.25) is 0 Å². The summed E-state index contributed by atoms with van der Waals surface area (Å²) in [5.41, 5.74) is 5.57. The van der Waals surface area contributed by atoms with E-state index in [-0.39, 0.29) is 17.7 Å². The van der Waals surface area contributed by atoms with Crippen LogP contribution in [0.5, 0.6) is 0 Å². The van der Waals surface area contributed by atoms with Crippen molar-refractivity contribution in [3.8, 4) is 0 Å². The molecule has 0 amide bonds. The van der Waals surface area contributed by atoms with E-state index in [1.165, 1.54) is 0 Å². The fraction of sp³-hybridized carbons (Fsp3) is 0.750. The van der Waals surface area contributed by atoms with Gasteiger partial charge in [0.15, 0.2) is 5.78 Å². The molecular weight excluding hydrogens is 126 g/mol. The Morgan fingerprint density at radius 3 is 2.40 bits per heavy atom. The molecule has 0 heterocycles. The zero-order valence-corrected chi connectivity index (χ0v) is 6.92. The topological polar surface area (TPSA) is 43.1 Å². The van der Waals surface area contributed by atoms with Crippen molar-refractivity contribution < 1.29 is 4.79 Å². The number of hydrogen-bond acceptors (Lipinski definition) is 2. The average Bonchev–Trinajstić information content (AvgIpc) is 1.87. The summed E-state index contributed by atoms with van der Waals surface area (Å²) in [6.07, 6.45) is 2.42. The summed E-state index contributed by atoms with van der Waals surface area (Å²) in [5.74, 6) is 0.313. The molecule has 0 aliphatic rings. The van der Waals surface area contributed by atoms with Crippen LogP contribution in [0.2, 0.25) is 0 Å². The molecule has 0 aliphatic carbocycles. The Balaban J connectivity index is 3.71. The maximum atomic E-state index is 11.0. The lowest BCUT2D eigenvalue weighted by Gasteiger charge is -2.12. The average molecular weight is 142 g/mol. The molecule has 1 unspecified atom stereocenters. The Labute approximate surface area is 62.8 Å². The number of rotatable bonds is 4. The van der Waals surface area contributed by atoms with Crippen molar-refractivity contribution in [2.24, 2.45) is 11.7 Å². The monoisotopic (exact) mass is 142 g/mol. The van der Waals surface area contributed by atoms with E-state index in [4.69, 9.17) is 5.73 Å². The number of hydrogen-bond donors (Lipinski definition) is 1. The van der Waals surface area contributed by atoms with Crippen LogP contribution in [0.15, 0.2) is 0 Å². The minimum atomic E-state index is -0.306. The van der Waals surface area contributed by atoms with Crippen LogP contribution in [0, 0.1) is 12.3 Å². The van der Waals surface area contributed by atoms with Crippen LogP contribution in [0.3, 0.4) is 0 Å². The number of carbonyl (C=O) groups is 1. The molecule has 0 aromatic carbocycles. The lowest BCUT2D eigenvalue weighted by Crippen LogP contribution is -2.35. The van der Waals surface area contributed by atoms with Crippen molar-refractivity contribution in [1.82, 2.24) is 0 Å². The minimum absolute atomic E-state index is 0.0671. The van der Waals surface area contributed by atoms with Crippen molar-refractivity contribution in [2.75, 3.05) is 0 Å². The third kappa shape index (κ3) is 2.97. The van der Waals surface area contributed by atoms with Crippen molar-refractivity contribution in [1.29, 1.82) is 0 Å². The molecule has 59 valence electrons. The van der Waals surface area contributed by atoms with Crippen molar-refractivity contribution >= 4 is 5.78 Å². The molecular formula is C8H16NO. The number of carbonyl (C=O) groups excluding carboxylic acids is 1. The van der Waals surface area contributed by atoms with Crippen molar-refractivity contribution in [3.63, 3.8) is 0 Å². The first-order chi connectivity index (χ1) is 4.59. The van der Waals surface area contributed by atoms with Crippen LogP contribution in [0.1, 0.15) is 27.2 Å². The second-order valence-electron chi connectivity index (χ2n) is 2.78. The van der Waals surface area contributed by atoms with E-state index in [1.54, 1.807) is 6.42 Å². The molecule has 0 fully saturated rings. The molecule has 0 bridgehead atoms. The van der Waals surface area contributed by atoms with Gasteiger partial charge in [-0.15, -0.1) is 0 Å². The zero-order valence-electron chi connectivity index (χ0n) is 6.92. The summed E-state index contributed by atoms with van der Waals surface area (Å²) in [7, 11) is 0. The molecule has 0 saturated carbocycles. The largest absolute Gasteiger partial charge is 0.321 e. The molecule has 0 rings (SSSR count). The summed E-state index contributed by atoms with van der Waals surface area (Å²) < 4.78 is 0. The minimum Gasteiger partial charge on any atom is -0.321 e. The van der Waals surface area contributed by atoms with Crippen LogP contribution in [0.25, 0.3) is 0 Å². The Morgan fingerprint density at radius 2 is 2.10 bits per heavy atom. The van der Waals surface area contributed by atoms with Crippen LogP contribution in [0.4, 0.5) is 0 Å². The first kappa shape index (κ1) is 9.63. The lowest BCUT2D eigenvalue weighted by atomic mass is 9.98. The van der Waals surface area contributed by atoms with E-state index in [9.17, 15) is 4.79 Å². The number of nitrogens with two attached hydrogens (primary N) is 1. The summed E-state index contributed by atoms with van der Waals surface area (Å²) in [6, 6.07) is -0.306. The van der Waals surface area contributed by atoms with E-state index in [0.29, 0.717) is 0 Å². The highest BCUT2D eigenvalue weighted by Crippen LogP contribution is 2.02. The van der Waals surface area contributed by atoms with Crippen molar-refractivity contribution in [2.45, 2.75) is 33.2 Å². The van der Waals surface area contributed by atoms with E-state index in [0.717, 1.165) is 6.42 Å². The van der Waals surface area contributed by atoms with Gasteiger partial charge in [-0.3, -0.25) is 4.79 Å². The third-order valence-electron chi connectivity index (χ3n) is 1.45. The lowest BCUT2D eigenvalue weighted by molar-refractivity contribution is -0.118. The molecule has 0 aliphatic heterocycles. The highest BCUT2D eigenvalue weighted by Gasteiger charge is 2.15. The Kier molecular flexibility index (Phi) is 4.28. The molecule has 0 aromatic heterocycles. The molecule has 10 heavy (non-hydrogen) atoms. The molecule has 2 nitrogen and oxygen atoms in total. The van der Waals surface area contributed by atoms with E-state index >= 15 is 0 Å². The maximum Gasteiger partial charge on any atom is 0.153 e. The van der Waals surface area contributed by atoms with Crippen LogP contribution < -0.4 is 5.73 Å². The van der Waals surface area contributed by atoms with E-state index in [1.807, 2.05) is 20.8 Å². The second-order valence-corrected chi connectivity index (χ2v) is 2.78. The second kappa shape index (κ2) is 4.45. The smallest absolute Gasteiger partial charge is 0.153 e. The standard InChI is InChI=1S/C8H16NO/c1-4-5-7(10)8(9)6(2)3/h5-6,8H,4,9H2,1-3H3. The molecule has 2 N–H and O–H groups in total. The maximum absolute atomic E-state index is 11.0. The van der Waals surface area contributed by atoms with Gasteiger partial charge >= 0.3 is 0 Å². The Hall–Kier alpha value is -0.370. The van der Waals surface area contributed by atoms with Gasteiger partial charge in [0.25, 0.3) is 0 Å². The Bertz CT molecular complexity index is 110. The van der Waals surface area contributed by atoms with E-state index < -0.39 is 0 Å². The fourth-order valence-electron chi connectivity index (χ4n) is 0.666. The molecule has 0 saturated heterocycles. The SMILES string of the molecule is CC[CH]C(=O)C(N)C(C)C.